The van der Waals surface area contributed by atoms with E-state index in [-0.39, 0.29) is 18.0 Å². The number of carbonyl (C=O) groups excluding carboxylic acids is 1. The number of para-hydroxylation sites is 2. The van der Waals surface area contributed by atoms with Crippen molar-refractivity contribution in [3.8, 4) is 11.4 Å². The van der Waals surface area contributed by atoms with E-state index in [1.807, 2.05) is 79.2 Å². The van der Waals surface area contributed by atoms with Crippen LogP contribution in [0.3, 0.4) is 0 Å². The number of aryl methyl sites for hydroxylation is 2. The lowest BCUT2D eigenvalue weighted by Crippen LogP contribution is -2.30. The molecule has 5 aromatic rings. The van der Waals surface area contributed by atoms with E-state index in [1.54, 1.807) is 12.1 Å². The zero-order valence-corrected chi connectivity index (χ0v) is 17.7. The summed E-state index contributed by atoms with van der Waals surface area (Å²) in [7, 11) is 1.98. The first-order chi connectivity index (χ1) is 15.5. The Labute approximate surface area is 183 Å². The molecule has 0 unspecified atom stereocenters. The van der Waals surface area contributed by atoms with Gasteiger partial charge < -0.3 is 9.88 Å². The number of hydrogen-bond acceptors (Lipinski definition) is 4. The molecule has 0 saturated carbocycles. The average molecular weight is 423 g/mol. The van der Waals surface area contributed by atoms with Crippen molar-refractivity contribution in [1.29, 1.82) is 0 Å². The standard InChI is InChI=1S/C25H21N5O2/c1-16-19-7-3-4-8-20(19)25(32)30(28-16)15-23(31)26-18-13-11-17(12-14-18)24-27-21-9-5-6-10-22(21)29(24)2/h3-14H,15H2,1-2H3,(H,26,31). The summed E-state index contributed by atoms with van der Waals surface area (Å²) in [5.41, 5.74) is 4.01. The highest BCUT2D eigenvalue weighted by Gasteiger charge is 2.12. The second-order valence-corrected chi connectivity index (χ2v) is 7.70. The number of nitrogens with zero attached hydrogens (tertiary/aromatic N) is 4. The van der Waals surface area contributed by atoms with E-state index in [1.165, 1.54) is 4.68 Å². The van der Waals surface area contributed by atoms with Gasteiger partial charge in [0, 0.05) is 23.7 Å². The Morgan fingerprint density at radius 3 is 2.38 bits per heavy atom. The van der Waals surface area contributed by atoms with Gasteiger partial charge in [0.2, 0.25) is 5.91 Å². The highest BCUT2D eigenvalue weighted by Crippen LogP contribution is 2.24. The number of amides is 1. The van der Waals surface area contributed by atoms with Crippen molar-refractivity contribution in [2.45, 2.75) is 13.5 Å². The van der Waals surface area contributed by atoms with Crippen molar-refractivity contribution >= 4 is 33.4 Å². The fourth-order valence-corrected chi connectivity index (χ4v) is 3.95. The van der Waals surface area contributed by atoms with Crippen LogP contribution >= 0.6 is 0 Å². The molecule has 0 aliphatic carbocycles. The van der Waals surface area contributed by atoms with Gasteiger partial charge in [0.15, 0.2) is 0 Å². The van der Waals surface area contributed by atoms with Gasteiger partial charge in [0.1, 0.15) is 12.4 Å². The molecule has 1 N–H and O–H groups in total. The second kappa shape index (κ2) is 7.77. The van der Waals surface area contributed by atoms with Crippen molar-refractivity contribution in [3.63, 3.8) is 0 Å². The van der Waals surface area contributed by atoms with Crippen molar-refractivity contribution in [1.82, 2.24) is 19.3 Å². The monoisotopic (exact) mass is 423 g/mol. The number of imidazole rings is 1. The third kappa shape index (κ3) is 3.43. The van der Waals surface area contributed by atoms with Crippen LogP contribution in [-0.4, -0.2) is 25.2 Å². The van der Waals surface area contributed by atoms with Crippen molar-refractivity contribution in [2.75, 3.05) is 5.32 Å². The van der Waals surface area contributed by atoms with E-state index < -0.39 is 0 Å². The van der Waals surface area contributed by atoms with Gasteiger partial charge in [-0.2, -0.15) is 5.10 Å². The second-order valence-electron chi connectivity index (χ2n) is 7.70. The molecule has 2 heterocycles. The Morgan fingerprint density at radius 1 is 0.938 bits per heavy atom. The van der Waals surface area contributed by atoms with Gasteiger partial charge in [-0.15, -0.1) is 0 Å². The summed E-state index contributed by atoms with van der Waals surface area (Å²) < 4.78 is 3.25. The van der Waals surface area contributed by atoms with Gasteiger partial charge in [0.25, 0.3) is 5.56 Å². The quantitative estimate of drug-likeness (QED) is 0.475. The Bertz CT molecular complexity index is 1530. The molecule has 0 atom stereocenters. The summed E-state index contributed by atoms with van der Waals surface area (Å²) >= 11 is 0. The number of carbonyl (C=O) groups is 1. The van der Waals surface area contributed by atoms with E-state index in [4.69, 9.17) is 4.98 Å². The van der Waals surface area contributed by atoms with E-state index in [9.17, 15) is 9.59 Å². The van der Waals surface area contributed by atoms with E-state index in [0.717, 1.165) is 27.8 Å². The predicted molar refractivity (Wildman–Crippen MR) is 126 cm³/mol. The maximum atomic E-state index is 12.7. The van der Waals surface area contributed by atoms with Crippen molar-refractivity contribution < 1.29 is 4.79 Å². The molecular formula is C25H21N5O2. The molecule has 1 amide bonds. The molecule has 158 valence electrons. The summed E-state index contributed by atoms with van der Waals surface area (Å²) in [6.07, 6.45) is 0. The van der Waals surface area contributed by atoms with Gasteiger partial charge in [-0.25, -0.2) is 9.67 Å². The van der Waals surface area contributed by atoms with E-state index in [0.29, 0.717) is 16.8 Å². The molecule has 0 spiro atoms. The molecule has 5 rings (SSSR count). The van der Waals surface area contributed by atoms with Gasteiger partial charge in [-0.3, -0.25) is 9.59 Å². The van der Waals surface area contributed by atoms with Crippen molar-refractivity contribution in [3.05, 3.63) is 88.8 Å². The number of benzene rings is 3. The van der Waals surface area contributed by atoms with Crippen LogP contribution in [0.15, 0.2) is 77.6 Å². The minimum absolute atomic E-state index is 0.156. The minimum atomic E-state index is -0.315. The van der Waals surface area contributed by atoms with Crippen LogP contribution in [0, 0.1) is 6.92 Å². The van der Waals surface area contributed by atoms with Crippen LogP contribution in [0.4, 0.5) is 5.69 Å². The van der Waals surface area contributed by atoms with Crippen LogP contribution in [0.25, 0.3) is 33.2 Å². The normalized spacial score (nSPS) is 11.2. The molecule has 0 saturated heterocycles. The van der Waals surface area contributed by atoms with Gasteiger partial charge in [-0.1, -0.05) is 30.3 Å². The maximum Gasteiger partial charge on any atom is 0.275 e. The van der Waals surface area contributed by atoms with Crippen molar-refractivity contribution in [2.24, 2.45) is 7.05 Å². The molecule has 0 aliphatic rings. The van der Waals surface area contributed by atoms with Crippen LogP contribution in [-0.2, 0) is 18.4 Å². The average Bonchev–Trinajstić information content (AvgIpc) is 3.14. The molecule has 0 bridgehead atoms. The van der Waals surface area contributed by atoms with Crippen LogP contribution in [0.5, 0.6) is 0 Å². The third-order valence-corrected chi connectivity index (χ3v) is 5.56. The first kappa shape index (κ1) is 19.7. The van der Waals surface area contributed by atoms with Gasteiger partial charge >= 0.3 is 0 Å². The summed E-state index contributed by atoms with van der Waals surface area (Å²) in [6.45, 7) is 1.67. The summed E-state index contributed by atoms with van der Waals surface area (Å²) in [5.74, 6) is 0.538. The molecule has 0 radical (unpaired) electrons. The molecule has 0 aliphatic heterocycles. The molecule has 7 nitrogen and oxygen atoms in total. The van der Waals surface area contributed by atoms with Crippen LogP contribution in [0.1, 0.15) is 5.69 Å². The highest BCUT2D eigenvalue weighted by molar-refractivity contribution is 5.91. The number of aromatic nitrogens is 4. The van der Waals surface area contributed by atoms with Crippen LogP contribution < -0.4 is 10.9 Å². The fourth-order valence-electron chi connectivity index (χ4n) is 3.95. The Hall–Kier alpha value is -4.26. The molecular weight excluding hydrogens is 402 g/mol. The summed E-state index contributed by atoms with van der Waals surface area (Å²) in [4.78, 5) is 30.0. The molecule has 32 heavy (non-hydrogen) atoms. The number of anilines is 1. The van der Waals surface area contributed by atoms with Gasteiger partial charge in [-0.05, 0) is 49.4 Å². The SMILES string of the molecule is Cc1nn(CC(=O)Nc2ccc(-c3nc4ccccc4n3C)cc2)c(=O)c2ccccc12. The molecule has 7 heteroatoms. The fraction of sp³-hybridized carbons (Fsp3) is 0.120. The largest absolute Gasteiger partial charge is 0.327 e. The minimum Gasteiger partial charge on any atom is -0.327 e. The first-order valence-corrected chi connectivity index (χ1v) is 10.3. The zero-order valence-electron chi connectivity index (χ0n) is 17.7. The lowest BCUT2D eigenvalue weighted by atomic mass is 10.1. The first-order valence-electron chi connectivity index (χ1n) is 10.3. The molecule has 2 aromatic heterocycles. The number of nitrogens with one attached hydrogen (secondary N) is 1. The van der Waals surface area contributed by atoms with Crippen LogP contribution in [0.2, 0.25) is 0 Å². The van der Waals surface area contributed by atoms with Gasteiger partial charge in [0.05, 0.1) is 22.1 Å². The molecule has 3 aromatic carbocycles. The zero-order chi connectivity index (χ0) is 22.2. The molecule has 0 fully saturated rings. The Morgan fingerprint density at radius 2 is 1.62 bits per heavy atom. The number of fused-ring (bicyclic) bond motifs is 2. The summed E-state index contributed by atoms with van der Waals surface area (Å²) in [6, 6.07) is 22.7. The predicted octanol–water partition coefficient (Wildman–Crippen LogP) is 3.90. The number of rotatable bonds is 4. The Kier molecular flexibility index (Phi) is 4.78. The summed E-state index contributed by atoms with van der Waals surface area (Å²) in [5, 5.41) is 8.49. The lowest BCUT2D eigenvalue weighted by molar-refractivity contribution is -0.117. The van der Waals surface area contributed by atoms with E-state index in [2.05, 4.69) is 10.4 Å². The maximum absolute atomic E-state index is 12.7. The lowest BCUT2D eigenvalue weighted by Gasteiger charge is -2.10. The topological polar surface area (TPSA) is 81.8 Å². The van der Waals surface area contributed by atoms with E-state index >= 15 is 0 Å². The number of hydrogen-bond donors (Lipinski definition) is 1. The highest BCUT2D eigenvalue weighted by atomic mass is 16.2. The Balaban J connectivity index is 1.35. The smallest absolute Gasteiger partial charge is 0.275 e. The third-order valence-electron chi connectivity index (χ3n) is 5.56.